The molecule has 20 heavy (non-hydrogen) atoms. The molecule has 0 bridgehead atoms. The van der Waals surface area contributed by atoms with Gasteiger partial charge in [-0.1, -0.05) is 0 Å². The highest BCUT2D eigenvalue weighted by atomic mass is 32.2. The van der Waals surface area contributed by atoms with Gasteiger partial charge in [-0.15, -0.1) is 0 Å². The van der Waals surface area contributed by atoms with Crippen molar-refractivity contribution in [2.45, 2.75) is 38.9 Å². The van der Waals surface area contributed by atoms with Crippen LogP contribution in [0.1, 0.15) is 34.1 Å². The number of sulfone groups is 1. The van der Waals surface area contributed by atoms with Gasteiger partial charge in [0.15, 0.2) is 15.8 Å². The number of ether oxygens (including phenoxy) is 1. The summed E-state index contributed by atoms with van der Waals surface area (Å²) in [6.07, 6.45) is 2.12. The van der Waals surface area contributed by atoms with Gasteiger partial charge in [-0.25, -0.2) is 8.42 Å². The molecule has 6 nitrogen and oxygen atoms in total. The van der Waals surface area contributed by atoms with Gasteiger partial charge in [0.2, 0.25) is 0 Å². The van der Waals surface area contributed by atoms with Crippen molar-refractivity contribution in [3.63, 3.8) is 0 Å². The molecule has 0 heterocycles. The summed E-state index contributed by atoms with van der Waals surface area (Å²) in [5.74, 6) is 0.640. The third-order valence-electron chi connectivity index (χ3n) is 2.93. The minimum absolute atomic E-state index is 0.229. The smallest absolute Gasteiger partial charge is 0.191 e. The Bertz CT molecular complexity index is 392. The van der Waals surface area contributed by atoms with E-state index in [1.165, 1.54) is 6.26 Å². The maximum atomic E-state index is 11.6. The Morgan fingerprint density at radius 2 is 1.90 bits per heavy atom. The Kier molecular flexibility index (Phi) is 8.80. The van der Waals surface area contributed by atoms with Crippen LogP contribution < -0.4 is 10.6 Å². The Morgan fingerprint density at radius 3 is 2.40 bits per heavy atom. The van der Waals surface area contributed by atoms with Crippen LogP contribution in [-0.2, 0) is 14.6 Å². The lowest BCUT2D eigenvalue weighted by atomic mass is 10.2. The van der Waals surface area contributed by atoms with E-state index in [0.29, 0.717) is 12.6 Å². The summed E-state index contributed by atoms with van der Waals surface area (Å²) in [7, 11) is -3.13. The van der Waals surface area contributed by atoms with Crippen molar-refractivity contribution in [3.05, 3.63) is 0 Å². The van der Waals surface area contributed by atoms with E-state index in [9.17, 15) is 8.42 Å². The van der Waals surface area contributed by atoms with Crippen LogP contribution in [0.2, 0.25) is 0 Å². The third kappa shape index (κ3) is 7.69. The van der Waals surface area contributed by atoms with Crippen LogP contribution in [0.5, 0.6) is 0 Å². The van der Waals surface area contributed by atoms with Crippen LogP contribution in [0.4, 0.5) is 0 Å². The topological polar surface area (TPSA) is 79.8 Å². The fourth-order valence-electron chi connectivity index (χ4n) is 1.25. The summed E-state index contributed by atoms with van der Waals surface area (Å²) < 4.78 is 27.7. The highest BCUT2D eigenvalue weighted by Gasteiger charge is 2.29. The number of nitrogens with one attached hydrogen (secondary N) is 2. The molecule has 0 aromatic rings. The van der Waals surface area contributed by atoms with Crippen molar-refractivity contribution in [2.24, 2.45) is 4.99 Å². The predicted molar refractivity (Wildman–Crippen MR) is 84.0 cm³/mol. The molecule has 0 aromatic heterocycles. The monoisotopic (exact) mass is 307 g/mol. The number of rotatable bonds is 9. The van der Waals surface area contributed by atoms with Gasteiger partial charge < -0.3 is 15.4 Å². The van der Waals surface area contributed by atoms with E-state index in [2.05, 4.69) is 15.6 Å². The standard InChI is InChI=1S/C13H29N3O3S/c1-6-14-12(15-9-8-10-19-7-2)16-11-13(3,4)20(5,17)18/h6-11H2,1-5H3,(H2,14,15,16). The molecule has 0 aliphatic rings. The molecule has 0 saturated heterocycles. The van der Waals surface area contributed by atoms with E-state index >= 15 is 0 Å². The number of hydrogen-bond acceptors (Lipinski definition) is 4. The lowest BCUT2D eigenvalue weighted by Crippen LogP contribution is -2.41. The predicted octanol–water partition coefficient (Wildman–Crippen LogP) is 0.791. The average Bonchev–Trinajstić information content (AvgIpc) is 2.34. The molecular formula is C13H29N3O3S. The summed E-state index contributed by atoms with van der Waals surface area (Å²) in [5.41, 5.74) is 0. The van der Waals surface area contributed by atoms with Crippen molar-refractivity contribution in [3.8, 4) is 0 Å². The second kappa shape index (κ2) is 9.18. The van der Waals surface area contributed by atoms with E-state index in [1.807, 2.05) is 13.8 Å². The van der Waals surface area contributed by atoms with Gasteiger partial charge in [0, 0.05) is 32.6 Å². The molecule has 0 rings (SSSR count). The van der Waals surface area contributed by atoms with Crippen molar-refractivity contribution in [2.75, 3.05) is 39.1 Å². The van der Waals surface area contributed by atoms with Gasteiger partial charge in [0.25, 0.3) is 0 Å². The first-order valence-corrected chi connectivity index (χ1v) is 8.93. The molecule has 7 heteroatoms. The maximum Gasteiger partial charge on any atom is 0.191 e. The molecule has 120 valence electrons. The molecule has 0 spiro atoms. The Balaban J connectivity index is 4.40. The highest BCUT2D eigenvalue weighted by molar-refractivity contribution is 7.92. The second-order valence-electron chi connectivity index (χ2n) is 5.20. The second-order valence-corrected chi connectivity index (χ2v) is 7.85. The molecule has 0 aliphatic heterocycles. The van der Waals surface area contributed by atoms with Crippen LogP contribution in [0, 0.1) is 0 Å². The Morgan fingerprint density at radius 1 is 1.25 bits per heavy atom. The molecule has 0 fully saturated rings. The average molecular weight is 307 g/mol. The minimum atomic E-state index is -3.13. The van der Waals surface area contributed by atoms with Gasteiger partial charge in [-0.05, 0) is 34.1 Å². The highest BCUT2D eigenvalue weighted by Crippen LogP contribution is 2.14. The molecule has 0 amide bonds. The lowest BCUT2D eigenvalue weighted by Gasteiger charge is -2.21. The minimum Gasteiger partial charge on any atom is -0.382 e. The lowest BCUT2D eigenvalue weighted by molar-refractivity contribution is 0.145. The molecule has 2 N–H and O–H groups in total. The summed E-state index contributed by atoms with van der Waals surface area (Å²) in [6, 6.07) is 0. The first-order chi connectivity index (χ1) is 9.24. The first-order valence-electron chi connectivity index (χ1n) is 7.04. The summed E-state index contributed by atoms with van der Waals surface area (Å²) in [4.78, 5) is 4.34. The summed E-state index contributed by atoms with van der Waals surface area (Å²) in [6.45, 7) is 10.4. The first kappa shape index (κ1) is 19.2. The zero-order valence-corrected chi connectivity index (χ0v) is 14.1. The van der Waals surface area contributed by atoms with Gasteiger partial charge in [0.1, 0.15) is 0 Å². The fourth-order valence-corrected chi connectivity index (χ4v) is 1.55. The van der Waals surface area contributed by atoms with E-state index < -0.39 is 14.6 Å². The van der Waals surface area contributed by atoms with Crippen LogP contribution in [0.25, 0.3) is 0 Å². The number of guanidine groups is 1. The van der Waals surface area contributed by atoms with Crippen molar-refractivity contribution in [1.82, 2.24) is 10.6 Å². The number of nitrogens with zero attached hydrogens (tertiary/aromatic N) is 1. The quantitative estimate of drug-likeness (QED) is 0.374. The summed E-state index contributed by atoms with van der Waals surface area (Å²) in [5, 5.41) is 6.27. The van der Waals surface area contributed by atoms with E-state index in [-0.39, 0.29) is 6.54 Å². The Labute approximate surface area is 123 Å². The molecule has 0 aliphatic carbocycles. The van der Waals surface area contributed by atoms with Gasteiger partial charge in [-0.3, -0.25) is 4.99 Å². The maximum absolute atomic E-state index is 11.6. The molecule has 0 aromatic carbocycles. The molecule has 0 atom stereocenters. The third-order valence-corrected chi connectivity index (χ3v) is 5.06. The van der Waals surface area contributed by atoms with Crippen molar-refractivity contribution < 1.29 is 13.2 Å². The van der Waals surface area contributed by atoms with E-state index in [1.54, 1.807) is 13.8 Å². The van der Waals surface area contributed by atoms with Crippen molar-refractivity contribution >= 4 is 15.8 Å². The van der Waals surface area contributed by atoms with Crippen LogP contribution in [-0.4, -0.2) is 58.2 Å². The fraction of sp³-hybridized carbons (Fsp3) is 0.923. The van der Waals surface area contributed by atoms with Gasteiger partial charge in [-0.2, -0.15) is 0 Å². The van der Waals surface area contributed by atoms with Crippen LogP contribution >= 0.6 is 0 Å². The zero-order chi connectivity index (χ0) is 15.6. The molecule has 0 radical (unpaired) electrons. The van der Waals surface area contributed by atoms with Crippen molar-refractivity contribution in [1.29, 1.82) is 0 Å². The van der Waals surface area contributed by atoms with Gasteiger partial charge >= 0.3 is 0 Å². The van der Waals surface area contributed by atoms with E-state index in [4.69, 9.17) is 4.74 Å². The van der Waals surface area contributed by atoms with Crippen LogP contribution in [0.3, 0.4) is 0 Å². The number of aliphatic imine (C=N–C) groups is 1. The number of hydrogen-bond donors (Lipinski definition) is 2. The SMILES string of the molecule is CCNC(=NCC(C)(C)S(C)(=O)=O)NCCCOCC. The Hall–Kier alpha value is -0.820. The largest absolute Gasteiger partial charge is 0.382 e. The van der Waals surface area contributed by atoms with Crippen LogP contribution in [0.15, 0.2) is 4.99 Å². The molecule has 0 unspecified atom stereocenters. The molecule has 0 saturated carbocycles. The van der Waals surface area contributed by atoms with E-state index in [0.717, 1.165) is 26.1 Å². The normalized spacial score (nSPS) is 13.3. The zero-order valence-electron chi connectivity index (χ0n) is 13.3. The molecular weight excluding hydrogens is 278 g/mol. The van der Waals surface area contributed by atoms with Gasteiger partial charge in [0.05, 0.1) is 11.3 Å². The summed E-state index contributed by atoms with van der Waals surface area (Å²) >= 11 is 0.